The van der Waals surface area contributed by atoms with Crippen molar-refractivity contribution in [3.63, 3.8) is 0 Å². The third kappa shape index (κ3) is 6.09. The van der Waals surface area contributed by atoms with E-state index in [0.29, 0.717) is 31.9 Å². The number of para-hydroxylation sites is 1. The Morgan fingerprint density at radius 3 is 2.29 bits per heavy atom. The third-order valence-electron chi connectivity index (χ3n) is 5.68. The number of thioether (sulfide) groups is 1. The van der Waals surface area contributed by atoms with Crippen LogP contribution in [-0.4, -0.2) is 60.1 Å². The lowest BCUT2D eigenvalue weighted by atomic mass is 10.1. The lowest BCUT2D eigenvalue weighted by molar-refractivity contribution is -0.137. The first kappa shape index (κ1) is 24.1. The number of piperazine rings is 1. The molecule has 1 fully saturated rings. The molecule has 5 nitrogen and oxygen atoms in total. The highest BCUT2D eigenvalue weighted by Crippen LogP contribution is 2.34. The summed E-state index contributed by atoms with van der Waals surface area (Å²) in [6, 6.07) is 19.1. The van der Waals surface area contributed by atoms with Crippen LogP contribution in [0.1, 0.15) is 5.56 Å². The molecule has 1 aliphatic rings. The molecule has 178 valence electrons. The molecular formula is C25H24F3N3O2S. The Labute approximate surface area is 199 Å². The van der Waals surface area contributed by atoms with Crippen LogP contribution in [0.5, 0.6) is 0 Å². The Balaban J connectivity index is 1.24. The summed E-state index contributed by atoms with van der Waals surface area (Å²) < 4.78 is 39.3. The van der Waals surface area contributed by atoms with Crippen LogP contribution >= 0.6 is 11.8 Å². The van der Waals surface area contributed by atoms with Gasteiger partial charge in [-0.2, -0.15) is 13.2 Å². The summed E-state index contributed by atoms with van der Waals surface area (Å²) in [5.41, 5.74) is -1.12. The number of fused-ring (bicyclic) bond motifs is 1. The quantitative estimate of drug-likeness (QED) is 0.511. The zero-order valence-corrected chi connectivity index (χ0v) is 19.2. The topological polar surface area (TPSA) is 52.7 Å². The highest BCUT2D eigenvalue weighted by atomic mass is 32.2. The molecule has 0 aromatic heterocycles. The first-order valence-corrected chi connectivity index (χ1v) is 11.9. The molecule has 0 atom stereocenters. The van der Waals surface area contributed by atoms with E-state index in [9.17, 15) is 22.8 Å². The smallest absolute Gasteiger partial charge is 0.339 e. The molecule has 0 radical (unpaired) electrons. The van der Waals surface area contributed by atoms with Crippen molar-refractivity contribution in [1.29, 1.82) is 0 Å². The maximum atomic E-state index is 13.1. The second-order valence-electron chi connectivity index (χ2n) is 8.05. The van der Waals surface area contributed by atoms with Crippen molar-refractivity contribution in [3.05, 3.63) is 72.3 Å². The van der Waals surface area contributed by atoms with E-state index >= 15 is 0 Å². The summed E-state index contributed by atoms with van der Waals surface area (Å²) in [5, 5.41) is 4.65. The number of benzene rings is 3. The van der Waals surface area contributed by atoms with Crippen LogP contribution in [0.4, 0.5) is 18.9 Å². The van der Waals surface area contributed by atoms with E-state index in [4.69, 9.17) is 0 Å². The van der Waals surface area contributed by atoms with Gasteiger partial charge in [-0.15, -0.1) is 11.8 Å². The normalized spacial score (nSPS) is 14.9. The number of nitrogens with zero attached hydrogens (tertiary/aromatic N) is 2. The number of anilines is 1. The molecule has 0 spiro atoms. The standard InChI is InChI=1S/C25H24F3N3O2S/c26-25(27,28)21-7-3-4-8-22(21)29-23(32)16-30-11-13-31(14-12-30)24(33)17-34-20-10-9-18-5-1-2-6-19(18)15-20/h1-10,15H,11-14,16-17H2,(H,29,32). The zero-order chi connectivity index (χ0) is 24.1. The molecule has 1 aliphatic heterocycles. The van der Waals surface area contributed by atoms with Gasteiger partial charge in [0, 0.05) is 31.1 Å². The Morgan fingerprint density at radius 2 is 1.56 bits per heavy atom. The van der Waals surface area contributed by atoms with Crippen LogP contribution in [0.25, 0.3) is 10.8 Å². The van der Waals surface area contributed by atoms with E-state index in [2.05, 4.69) is 11.4 Å². The Hall–Kier alpha value is -3.04. The largest absolute Gasteiger partial charge is 0.418 e. The van der Waals surface area contributed by atoms with Crippen molar-refractivity contribution in [2.45, 2.75) is 11.1 Å². The van der Waals surface area contributed by atoms with Gasteiger partial charge in [0.2, 0.25) is 11.8 Å². The molecule has 1 N–H and O–H groups in total. The van der Waals surface area contributed by atoms with Crippen molar-refractivity contribution in [1.82, 2.24) is 9.80 Å². The van der Waals surface area contributed by atoms with Gasteiger partial charge >= 0.3 is 6.18 Å². The second-order valence-corrected chi connectivity index (χ2v) is 9.09. The number of amides is 2. The fourth-order valence-corrected chi connectivity index (χ4v) is 4.73. The number of hydrogen-bond acceptors (Lipinski definition) is 4. The third-order valence-corrected chi connectivity index (χ3v) is 6.66. The van der Waals surface area contributed by atoms with Crippen LogP contribution < -0.4 is 5.32 Å². The summed E-state index contributed by atoms with van der Waals surface area (Å²) in [7, 11) is 0. The maximum Gasteiger partial charge on any atom is 0.418 e. The summed E-state index contributed by atoms with van der Waals surface area (Å²) in [6.45, 7) is 1.90. The van der Waals surface area contributed by atoms with Crippen molar-refractivity contribution >= 4 is 40.0 Å². The van der Waals surface area contributed by atoms with Gasteiger partial charge in [0.05, 0.1) is 23.5 Å². The minimum Gasteiger partial charge on any atom is -0.339 e. The van der Waals surface area contributed by atoms with E-state index < -0.39 is 17.6 Å². The van der Waals surface area contributed by atoms with Crippen LogP contribution in [0.2, 0.25) is 0 Å². The molecule has 0 unspecified atom stereocenters. The van der Waals surface area contributed by atoms with Crippen LogP contribution in [-0.2, 0) is 15.8 Å². The van der Waals surface area contributed by atoms with E-state index in [1.165, 1.54) is 30.0 Å². The number of rotatable bonds is 6. The summed E-state index contributed by atoms with van der Waals surface area (Å²) >= 11 is 1.49. The van der Waals surface area contributed by atoms with Gasteiger partial charge in [-0.3, -0.25) is 14.5 Å². The average molecular weight is 488 g/mol. The number of nitrogens with one attached hydrogen (secondary N) is 1. The van der Waals surface area contributed by atoms with Crippen molar-refractivity contribution in [2.24, 2.45) is 0 Å². The van der Waals surface area contributed by atoms with Crippen molar-refractivity contribution in [3.8, 4) is 0 Å². The van der Waals surface area contributed by atoms with E-state index in [0.717, 1.165) is 21.7 Å². The fourth-order valence-electron chi connectivity index (χ4n) is 3.88. The minimum absolute atomic E-state index is 0.0277. The monoisotopic (exact) mass is 487 g/mol. The number of hydrogen-bond donors (Lipinski definition) is 1. The van der Waals surface area contributed by atoms with Gasteiger partial charge < -0.3 is 10.2 Å². The number of halogens is 3. The molecule has 4 rings (SSSR count). The average Bonchev–Trinajstić information content (AvgIpc) is 2.82. The first-order chi connectivity index (χ1) is 16.3. The Kier molecular flexibility index (Phi) is 7.43. The number of alkyl halides is 3. The van der Waals surface area contributed by atoms with Gasteiger partial charge in [0.1, 0.15) is 0 Å². The van der Waals surface area contributed by atoms with E-state index in [1.54, 1.807) is 4.90 Å². The van der Waals surface area contributed by atoms with Gasteiger partial charge in [-0.05, 0) is 35.0 Å². The molecule has 3 aromatic rings. The lowest BCUT2D eigenvalue weighted by Crippen LogP contribution is -2.50. The van der Waals surface area contributed by atoms with Gasteiger partial charge in [0.25, 0.3) is 0 Å². The molecular weight excluding hydrogens is 463 g/mol. The molecule has 3 aromatic carbocycles. The lowest BCUT2D eigenvalue weighted by Gasteiger charge is -2.34. The van der Waals surface area contributed by atoms with Gasteiger partial charge in [-0.1, -0.05) is 42.5 Å². The van der Waals surface area contributed by atoms with Crippen molar-refractivity contribution < 1.29 is 22.8 Å². The summed E-state index contributed by atoms with van der Waals surface area (Å²) in [4.78, 5) is 29.6. The van der Waals surface area contributed by atoms with Crippen molar-refractivity contribution in [2.75, 3.05) is 43.8 Å². The number of carbonyl (C=O) groups excluding carboxylic acids is 2. The molecule has 1 saturated heterocycles. The highest BCUT2D eigenvalue weighted by molar-refractivity contribution is 8.00. The fraction of sp³-hybridized carbons (Fsp3) is 0.280. The zero-order valence-electron chi connectivity index (χ0n) is 18.3. The molecule has 9 heteroatoms. The highest BCUT2D eigenvalue weighted by Gasteiger charge is 2.33. The number of carbonyl (C=O) groups is 2. The van der Waals surface area contributed by atoms with E-state index in [1.807, 2.05) is 41.3 Å². The van der Waals surface area contributed by atoms with E-state index in [-0.39, 0.29) is 18.1 Å². The van der Waals surface area contributed by atoms with Crippen LogP contribution in [0.3, 0.4) is 0 Å². The van der Waals surface area contributed by atoms with Gasteiger partial charge in [0.15, 0.2) is 0 Å². The Bertz CT molecular complexity index is 1180. The Morgan fingerprint density at radius 1 is 0.882 bits per heavy atom. The predicted octanol–water partition coefficient (Wildman–Crippen LogP) is 4.73. The van der Waals surface area contributed by atoms with Crippen LogP contribution in [0.15, 0.2) is 71.6 Å². The maximum absolute atomic E-state index is 13.1. The molecule has 0 saturated carbocycles. The second kappa shape index (κ2) is 10.5. The van der Waals surface area contributed by atoms with Crippen LogP contribution in [0, 0.1) is 0 Å². The molecule has 34 heavy (non-hydrogen) atoms. The summed E-state index contributed by atoms with van der Waals surface area (Å²) in [6.07, 6.45) is -4.54. The molecule has 1 heterocycles. The minimum atomic E-state index is -4.54. The molecule has 0 bridgehead atoms. The molecule has 0 aliphatic carbocycles. The van der Waals surface area contributed by atoms with Gasteiger partial charge in [-0.25, -0.2) is 0 Å². The SMILES string of the molecule is O=C(CN1CCN(C(=O)CSc2ccc3ccccc3c2)CC1)Nc1ccccc1C(F)(F)F. The predicted molar refractivity (Wildman–Crippen MR) is 128 cm³/mol. The first-order valence-electron chi connectivity index (χ1n) is 10.9. The molecule has 2 amide bonds. The summed E-state index contributed by atoms with van der Waals surface area (Å²) in [5.74, 6) is -0.155.